The van der Waals surface area contributed by atoms with Crippen molar-refractivity contribution in [2.75, 3.05) is 6.61 Å². The molecule has 1 aromatic heterocycles. The van der Waals surface area contributed by atoms with E-state index in [1.807, 2.05) is 68.4 Å². The summed E-state index contributed by atoms with van der Waals surface area (Å²) in [6.45, 7) is 4.14. The van der Waals surface area contributed by atoms with Crippen LogP contribution in [0.15, 0.2) is 107 Å². The van der Waals surface area contributed by atoms with Crippen molar-refractivity contribution in [3.63, 3.8) is 0 Å². The van der Waals surface area contributed by atoms with Gasteiger partial charge in [0.1, 0.15) is 0 Å². The maximum atomic E-state index is 13.4. The van der Waals surface area contributed by atoms with Gasteiger partial charge < -0.3 is 9.47 Å². The van der Waals surface area contributed by atoms with Gasteiger partial charge in [0.05, 0.1) is 29.3 Å². The van der Waals surface area contributed by atoms with E-state index in [1.165, 1.54) is 4.68 Å². The third-order valence-electron chi connectivity index (χ3n) is 5.83. The van der Waals surface area contributed by atoms with E-state index in [4.69, 9.17) is 14.5 Å². The van der Waals surface area contributed by atoms with Crippen LogP contribution in [0.25, 0.3) is 22.3 Å². The number of aryl methyl sites for hydroxylation is 1. The van der Waals surface area contributed by atoms with Gasteiger partial charge in [-0.3, -0.25) is 4.79 Å². The highest BCUT2D eigenvalue weighted by molar-refractivity contribution is 5.92. The molecule has 0 aliphatic rings. The summed E-state index contributed by atoms with van der Waals surface area (Å²) < 4.78 is 12.7. The van der Waals surface area contributed by atoms with Gasteiger partial charge >= 0.3 is 5.97 Å². The quantitative estimate of drug-likeness (QED) is 0.158. The van der Waals surface area contributed by atoms with E-state index >= 15 is 0 Å². The Morgan fingerprint density at radius 3 is 2.50 bits per heavy atom. The standard InChI is InChI=1S/C31H25N3O4/c1-3-37-28-19-22(16-17-27(28)38-31(36)24-13-9-10-21(2)18-24)20-32-34-29(23-11-5-4-6-12-23)33-26-15-8-7-14-25(26)30(34)35/h4-20H,3H2,1-2H3. The molecule has 7 heteroatoms. The summed E-state index contributed by atoms with van der Waals surface area (Å²) in [5, 5.41) is 4.98. The van der Waals surface area contributed by atoms with E-state index in [-0.39, 0.29) is 5.56 Å². The lowest BCUT2D eigenvalue weighted by Crippen LogP contribution is -2.20. The van der Waals surface area contributed by atoms with Crippen LogP contribution in [0.3, 0.4) is 0 Å². The van der Waals surface area contributed by atoms with Gasteiger partial charge in [-0.25, -0.2) is 9.78 Å². The summed E-state index contributed by atoms with van der Waals surface area (Å²) in [6, 6.07) is 28.9. The lowest BCUT2D eigenvalue weighted by molar-refractivity contribution is 0.0728. The molecule has 0 bridgehead atoms. The van der Waals surface area contributed by atoms with E-state index in [2.05, 4.69) is 5.10 Å². The molecular formula is C31H25N3O4. The lowest BCUT2D eigenvalue weighted by Gasteiger charge is -2.12. The predicted molar refractivity (Wildman–Crippen MR) is 148 cm³/mol. The first-order valence-corrected chi connectivity index (χ1v) is 12.2. The Labute approximate surface area is 219 Å². The molecule has 0 N–H and O–H groups in total. The molecule has 5 aromatic rings. The van der Waals surface area contributed by atoms with Crippen LogP contribution in [-0.4, -0.2) is 28.5 Å². The first-order valence-electron chi connectivity index (χ1n) is 12.2. The maximum absolute atomic E-state index is 13.4. The zero-order chi connectivity index (χ0) is 26.5. The number of rotatable bonds is 7. The molecule has 0 unspecified atom stereocenters. The largest absolute Gasteiger partial charge is 0.490 e. The summed E-state index contributed by atoms with van der Waals surface area (Å²) >= 11 is 0. The Balaban J connectivity index is 1.51. The number of carbonyl (C=O) groups excluding carboxylic acids is 1. The van der Waals surface area contributed by atoms with Crippen LogP contribution >= 0.6 is 0 Å². The lowest BCUT2D eigenvalue weighted by atomic mass is 10.1. The number of fused-ring (bicyclic) bond motifs is 1. The molecule has 0 fully saturated rings. The minimum absolute atomic E-state index is 0.278. The number of hydrogen-bond donors (Lipinski definition) is 0. The van der Waals surface area contributed by atoms with Gasteiger partial charge in [-0.1, -0.05) is 60.2 Å². The number of ether oxygens (including phenoxy) is 2. The first kappa shape index (κ1) is 24.6. The first-order chi connectivity index (χ1) is 18.5. The smallest absolute Gasteiger partial charge is 0.343 e. The van der Waals surface area contributed by atoms with Crippen molar-refractivity contribution in [2.45, 2.75) is 13.8 Å². The Kier molecular flexibility index (Phi) is 7.08. The summed E-state index contributed by atoms with van der Waals surface area (Å²) in [4.78, 5) is 30.8. The van der Waals surface area contributed by atoms with Gasteiger partial charge in [-0.15, -0.1) is 0 Å². The summed E-state index contributed by atoms with van der Waals surface area (Å²) in [6.07, 6.45) is 1.55. The van der Waals surface area contributed by atoms with Gasteiger partial charge in [0.15, 0.2) is 17.3 Å². The molecule has 0 saturated heterocycles. The van der Waals surface area contributed by atoms with Gasteiger partial charge in [-0.2, -0.15) is 9.78 Å². The molecular weight excluding hydrogens is 478 g/mol. The van der Waals surface area contributed by atoms with Crippen LogP contribution in [0.1, 0.15) is 28.4 Å². The van der Waals surface area contributed by atoms with Crippen molar-refractivity contribution in [2.24, 2.45) is 5.10 Å². The number of nitrogens with zero attached hydrogens (tertiary/aromatic N) is 3. The van der Waals surface area contributed by atoms with E-state index in [0.29, 0.717) is 46.0 Å². The van der Waals surface area contributed by atoms with Crippen LogP contribution in [0.5, 0.6) is 11.5 Å². The maximum Gasteiger partial charge on any atom is 0.343 e. The molecule has 4 aromatic carbocycles. The number of esters is 1. The minimum atomic E-state index is -0.475. The fraction of sp³-hybridized carbons (Fsp3) is 0.0968. The molecule has 0 saturated carbocycles. The summed E-state index contributed by atoms with van der Waals surface area (Å²) in [5.74, 6) is 0.645. The third-order valence-corrected chi connectivity index (χ3v) is 5.83. The number of aromatic nitrogens is 2. The molecule has 0 spiro atoms. The van der Waals surface area contributed by atoms with Crippen LogP contribution in [-0.2, 0) is 0 Å². The van der Waals surface area contributed by atoms with E-state index < -0.39 is 5.97 Å². The van der Waals surface area contributed by atoms with Crippen molar-refractivity contribution in [3.8, 4) is 22.9 Å². The molecule has 0 amide bonds. The Bertz CT molecular complexity index is 1710. The second-order valence-electron chi connectivity index (χ2n) is 8.58. The topological polar surface area (TPSA) is 82.8 Å². The van der Waals surface area contributed by atoms with Gasteiger partial charge in [0, 0.05) is 5.56 Å². The molecule has 188 valence electrons. The van der Waals surface area contributed by atoms with Gasteiger partial charge in [-0.05, 0) is 61.9 Å². The molecule has 1 heterocycles. The third kappa shape index (κ3) is 5.22. The monoisotopic (exact) mass is 503 g/mol. The average molecular weight is 504 g/mol. The Hall–Kier alpha value is -5.04. The summed E-state index contributed by atoms with van der Waals surface area (Å²) in [7, 11) is 0. The normalized spacial score (nSPS) is 11.1. The zero-order valence-corrected chi connectivity index (χ0v) is 21.0. The fourth-order valence-corrected chi connectivity index (χ4v) is 4.02. The highest BCUT2D eigenvalue weighted by Crippen LogP contribution is 2.29. The fourth-order valence-electron chi connectivity index (χ4n) is 4.02. The molecule has 0 radical (unpaired) electrons. The number of hydrogen-bond acceptors (Lipinski definition) is 6. The zero-order valence-electron chi connectivity index (χ0n) is 21.0. The highest BCUT2D eigenvalue weighted by Gasteiger charge is 2.15. The molecule has 0 aliphatic heterocycles. The molecule has 0 aliphatic carbocycles. The second-order valence-corrected chi connectivity index (χ2v) is 8.58. The average Bonchev–Trinajstić information content (AvgIpc) is 2.94. The van der Waals surface area contributed by atoms with E-state index in [9.17, 15) is 9.59 Å². The van der Waals surface area contributed by atoms with Crippen LogP contribution in [0, 0.1) is 6.92 Å². The Morgan fingerprint density at radius 1 is 0.921 bits per heavy atom. The van der Waals surface area contributed by atoms with E-state index in [1.54, 1.807) is 48.7 Å². The SMILES string of the molecule is CCOc1cc(C=Nn2c(-c3ccccc3)nc3ccccc3c2=O)ccc1OC(=O)c1cccc(C)c1. The summed E-state index contributed by atoms with van der Waals surface area (Å²) in [5.41, 5.74) is 3.16. The minimum Gasteiger partial charge on any atom is -0.490 e. The Morgan fingerprint density at radius 2 is 1.71 bits per heavy atom. The van der Waals surface area contributed by atoms with Crippen LogP contribution in [0.4, 0.5) is 0 Å². The highest BCUT2D eigenvalue weighted by atomic mass is 16.6. The predicted octanol–water partition coefficient (Wildman–Crippen LogP) is 5.87. The molecule has 5 rings (SSSR count). The van der Waals surface area contributed by atoms with Crippen molar-refractivity contribution in [1.82, 2.24) is 9.66 Å². The number of para-hydroxylation sites is 1. The second kappa shape index (κ2) is 10.9. The number of carbonyl (C=O) groups is 1. The van der Waals surface area contributed by atoms with Crippen molar-refractivity contribution in [3.05, 3.63) is 124 Å². The van der Waals surface area contributed by atoms with Crippen molar-refractivity contribution in [1.29, 1.82) is 0 Å². The number of benzene rings is 4. The molecule has 0 atom stereocenters. The van der Waals surface area contributed by atoms with Gasteiger partial charge in [0.2, 0.25) is 0 Å². The molecule has 38 heavy (non-hydrogen) atoms. The van der Waals surface area contributed by atoms with E-state index in [0.717, 1.165) is 11.1 Å². The van der Waals surface area contributed by atoms with Crippen LogP contribution < -0.4 is 15.0 Å². The van der Waals surface area contributed by atoms with Crippen LogP contribution in [0.2, 0.25) is 0 Å². The van der Waals surface area contributed by atoms with Crippen molar-refractivity contribution >= 4 is 23.1 Å². The molecule has 7 nitrogen and oxygen atoms in total. The van der Waals surface area contributed by atoms with Gasteiger partial charge in [0.25, 0.3) is 5.56 Å². The van der Waals surface area contributed by atoms with Crippen molar-refractivity contribution < 1.29 is 14.3 Å².